The summed E-state index contributed by atoms with van der Waals surface area (Å²) in [5, 5.41) is 11.3. The van der Waals surface area contributed by atoms with E-state index in [0.717, 1.165) is 36.6 Å². The van der Waals surface area contributed by atoms with Crippen molar-refractivity contribution in [2.75, 3.05) is 18.0 Å². The third-order valence-corrected chi connectivity index (χ3v) is 5.65. The van der Waals surface area contributed by atoms with Crippen LogP contribution in [0.25, 0.3) is 10.2 Å². The minimum absolute atomic E-state index is 0.395. The number of benzene rings is 1. The predicted octanol–water partition coefficient (Wildman–Crippen LogP) is 3.90. The number of rotatable bonds is 2. The zero-order valence-corrected chi connectivity index (χ0v) is 14.1. The Hall–Kier alpha value is -1.13. The highest BCUT2D eigenvalue weighted by atomic mass is 32.1. The lowest BCUT2D eigenvalue weighted by molar-refractivity contribution is 0.00651. The van der Waals surface area contributed by atoms with Gasteiger partial charge in [-0.2, -0.15) is 0 Å². The molecule has 114 valence electrons. The Kier molecular flexibility index (Phi) is 3.70. The van der Waals surface area contributed by atoms with E-state index in [9.17, 15) is 5.11 Å². The number of thiazole rings is 1. The van der Waals surface area contributed by atoms with Crippen LogP contribution in [0.4, 0.5) is 5.13 Å². The zero-order valence-electron chi connectivity index (χ0n) is 13.3. The second-order valence-corrected chi connectivity index (χ2v) is 7.85. The zero-order chi connectivity index (χ0) is 15.2. The molecule has 1 fully saturated rings. The van der Waals surface area contributed by atoms with Crippen LogP contribution in [0, 0.1) is 19.8 Å². The topological polar surface area (TPSA) is 36.4 Å². The van der Waals surface area contributed by atoms with Crippen LogP contribution < -0.4 is 4.90 Å². The third-order valence-electron chi connectivity index (χ3n) is 4.58. The molecule has 1 aliphatic rings. The van der Waals surface area contributed by atoms with Crippen LogP contribution >= 0.6 is 11.3 Å². The van der Waals surface area contributed by atoms with Gasteiger partial charge in [0.15, 0.2) is 5.13 Å². The number of nitrogens with zero attached hydrogens (tertiary/aromatic N) is 2. The molecule has 2 heterocycles. The third kappa shape index (κ3) is 2.92. The standard InChI is InChI=1S/C17H24N2OS/c1-11-9-12(2)15-14(10-11)21-16(18-15)19-7-5-13(6-8-19)17(3,4)20/h9-10,13,20H,5-8H2,1-4H3. The van der Waals surface area contributed by atoms with Crippen LogP contribution in [-0.2, 0) is 0 Å². The monoisotopic (exact) mass is 304 g/mol. The number of hydrogen-bond acceptors (Lipinski definition) is 4. The van der Waals surface area contributed by atoms with Gasteiger partial charge in [-0.3, -0.25) is 0 Å². The summed E-state index contributed by atoms with van der Waals surface area (Å²) in [5.41, 5.74) is 3.15. The van der Waals surface area contributed by atoms with E-state index < -0.39 is 5.60 Å². The van der Waals surface area contributed by atoms with Crippen molar-refractivity contribution in [3.05, 3.63) is 23.3 Å². The molecule has 0 aliphatic carbocycles. The SMILES string of the molecule is Cc1cc(C)c2nc(N3CCC(C(C)(C)O)CC3)sc2c1. The Morgan fingerprint density at radius 1 is 1.24 bits per heavy atom. The number of aliphatic hydroxyl groups is 1. The van der Waals surface area contributed by atoms with Crippen LogP contribution in [0.3, 0.4) is 0 Å². The highest BCUT2D eigenvalue weighted by Gasteiger charge is 2.31. The Morgan fingerprint density at radius 2 is 1.90 bits per heavy atom. The van der Waals surface area contributed by atoms with E-state index in [2.05, 4.69) is 30.9 Å². The van der Waals surface area contributed by atoms with Gasteiger partial charge in [-0.25, -0.2) is 4.98 Å². The fourth-order valence-electron chi connectivity index (χ4n) is 3.27. The predicted molar refractivity (Wildman–Crippen MR) is 90.3 cm³/mol. The molecule has 21 heavy (non-hydrogen) atoms. The first-order valence-electron chi connectivity index (χ1n) is 7.70. The van der Waals surface area contributed by atoms with Gasteiger partial charge in [0.1, 0.15) is 0 Å². The van der Waals surface area contributed by atoms with Crippen molar-refractivity contribution in [1.29, 1.82) is 0 Å². The Labute approximate surface area is 130 Å². The quantitative estimate of drug-likeness (QED) is 0.914. The molecular weight excluding hydrogens is 280 g/mol. The van der Waals surface area contributed by atoms with E-state index >= 15 is 0 Å². The van der Waals surface area contributed by atoms with E-state index in [1.54, 1.807) is 11.3 Å². The summed E-state index contributed by atoms with van der Waals surface area (Å²) in [6, 6.07) is 4.43. The number of hydrogen-bond donors (Lipinski definition) is 1. The molecule has 0 radical (unpaired) electrons. The minimum atomic E-state index is -0.562. The van der Waals surface area contributed by atoms with E-state index in [1.807, 2.05) is 13.8 Å². The summed E-state index contributed by atoms with van der Waals surface area (Å²) in [6.45, 7) is 10.1. The van der Waals surface area contributed by atoms with Crippen LogP contribution in [-0.4, -0.2) is 28.8 Å². The fraction of sp³-hybridized carbons (Fsp3) is 0.588. The van der Waals surface area contributed by atoms with Crippen LogP contribution in [0.1, 0.15) is 37.8 Å². The van der Waals surface area contributed by atoms with Gasteiger partial charge in [0.2, 0.25) is 0 Å². The van der Waals surface area contributed by atoms with Gasteiger partial charge in [-0.05, 0) is 63.6 Å². The molecule has 0 unspecified atom stereocenters. The summed E-state index contributed by atoms with van der Waals surface area (Å²) in [5.74, 6) is 0.395. The Balaban J connectivity index is 1.81. The van der Waals surface area contributed by atoms with Crippen LogP contribution in [0.5, 0.6) is 0 Å². The van der Waals surface area contributed by atoms with Gasteiger partial charge in [0.05, 0.1) is 15.8 Å². The highest BCUT2D eigenvalue weighted by Crippen LogP contribution is 2.35. The average molecular weight is 304 g/mol. The minimum Gasteiger partial charge on any atom is -0.390 e. The lowest BCUT2D eigenvalue weighted by atomic mass is 9.83. The molecule has 1 aromatic heterocycles. The molecular formula is C17H24N2OS. The number of anilines is 1. The van der Waals surface area contributed by atoms with Gasteiger partial charge in [-0.1, -0.05) is 17.4 Å². The molecule has 0 amide bonds. The maximum absolute atomic E-state index is 10.1. The van der Waals surface area contributed by atoms with Gasteiger partial charge < -0.3 is 10.0 Å². The Bertz CT molecular complexity index is 649. The summed E-state index contributed by atoms with van der Waals surface area (Å²) >= 11 is 1.79. The van der Waals surface area contributed by atoms with Gasteiger partial charge in [-0.15, -0.1) is 0 Å². The van der Waals surface area contributed by atoms with Crippen molar-refractivity contribution in [3.8, 4) is 0 Å². The molecule has 3 nitrogen and oxygen atoms in total. The van der Waals surface area contributed by atoms with Crippen LogP contribution in [0.15, 0.2) is 12.1 Å². The van der Waals surface area contributed by atoms with E-state index in [1.165, 1.54) is 15.8 Å². The van der Waals surface area contributed by atoms with Crippen LogP contribution in [0.2, 0.25) is 0 Å². The molecule has 4 heteroatoms. The van der Waals surface area contributed by atoms with Crippen molar-refractivity contribution in [2.24, 2.45) is 5.92 Å². The summed E-state index contributed by atoms with van der Waals surface area (Å²) in [7, 11) is 0. The van der Waals surface area contributed by atoms with Crippen molar-refractivity contribution in [2.45, 2.75) is 46.1 Å². The molecule has 0 spiro atoms. The van der Waals surface area contributed by atoms with Crippen molar-refractivity contribution < 1.29 is 5.11 Å². The summed E-state index contributed by atoms with van der Waals surface area (Å²) in [4.78, 5) is 7.22. The molecule has 1 N–H and O–H groups in total. The van der Waals surface area contributed by atoms with E-state index in [-0.39, 0.29) is 0 Å². The lowest BCUT2D eigenvalue weighted by Crippen LogP contribution is -2.41. The second-order valence-electron chi connectivity index (χ2n) is 6.84. The fourth-order valence-corrected chi connectivity index (χ4v) is 4.46. The molecule has 1 aromatic carbocycles. The van der Waals surface area contributed by atoms with Crippen molar-refractivity contribution in [3.63, 3.8) is 0 Å². The van der Waals surface area contributed by atoms with E-state index in [4.69, 9.17) is 4.98 Å². The van der Waals surface area contributed by atoms with Crippen molar-refractivity contribution >= 4 is 26.7 Å². The average Bonchev–Trinajstić information content (AvgIpc) is 2.82. The number of piperidine rings is 1. The smallest absolute Gasteiger partial charge is 0.186 e. The normalized spacial score (nSPS) is 17.7. The maximum Gasteiger partial charge on any atom is 0.186 e. The first-order chi connectivity index (χ1) is 9.84. The molecule has 0 saturated carbocycles. The summed E-state index contributed by atoms with van der Waals surface area (Å²) in [6.07, 6.45) is 2.08. The Morgan fingerprint density at radius 3 is 2.52 bits per heavy atom. The number of aromatic nitrogens is 1. The maximum atomic E-state index is 10.1. The van der Waals surface area contributed by atoms with Gasteiger partial charge in [0.25, 0.3) is 0 Å². The highest BCUT2D eigenvalue weighted by molar-refractivity contribution is 7.22. The van der Waals surface area contributed by atoms with Gasteiger partial charge >= 0.3 is 0 Å². The van der Waals surface area contributed by atoms with E-state index in [0.29, 0.717) is 5.92 Å². The number of fused-ring (bicyclic) bond motifs is 1. The molecule has 1 saturated heterocycles. The molecule has 3 rings (SSSR count). The van der Waals surface area contributed by atoms with Crippen molar-refractivity contribution in [1.82, 2.24) is 4.98 Å². The molecule has 0 atom stereocenters. The van der Waals surface area contributed by atoms with Gasteiger partial charge in [0, 0.05) is 13.1 Å². The molecule has 0 bridgehead atoms. The second kappa shape index (κ2) is 5.25. The molecule has 1 aliphatic heterocycles. The largest absolute Gasteiger partial charge is 0.390 e. The molecule has 2 aromatic rings. The first kappa shape index (κ1) is 14.8. The first-order valence-corrected chi connectivity index (χ1v) is 8.51. The summed E-state index contributed by atoms with van der Waals surface area (Å²) < 4.78 is 1.28. The lowest BCUT2D eigenvalue weighted by Gasteiger charge is -2.37. The number of aryl methyl sites for hydroxylation is 2.